The second kappa shape index (κ2) is 7.71. The lowest BCUT2D eigenvalue weighted by Crippen LogP contribution is -2.52. The van der Waals surface area contributed by atoms with Gasteiger partial charge in [-0.25, -0.2) is 4.79 Å². The summed E-state index contributed by atoms with van der Waals surface area (Å²) in [7, 11) is 0. The summed E-state index contributed by atoms with van der Waals surface area (Å²) in [5.41, 5.74) is -1.88. The van der Waals surface area contributed by atoms with Crippen LogP contribution in [0.4, 0.5) is 0 Å². The summed E-state index contributed by atoms with van der Waals surface area (Å²) in [5, 5.41) is 65.5. The van der Waals surface area contributed by atoms with E-state index >= 15 is 0 Å². The van der Waals surface area contributed by atoms with Crippen molar-refractivity contribution in [2.75, 3.05) is 0 Å². The number of carbonyl (C=O) groups is 3. The lowest BCUT2D eigenvalue weighted by atomic mass is 9.61. The molecule has 1 heterocycles. The topological polar surface area (TPSA) is 182 Å². The number of allylic oxidation sites excluding steroid dienone is 1. The highest BCUT2D eigenvalue weighted by atomic mass is 16.6. The molecule has 0 saturated carbocycles. The summed E-state index contributed by atoms with van der Waals surface area (Å²) in [4.78, 5) is 40.7. The molecule has 1 spiro atoms. The van der Waals surface area contributed by atoms with Crippen LogP contribution in [0, 0.1) is 12.3 Å². The summed E-state index contributed by atoms with van der Waals surface area (Å²) < 4.78 is 5.75. The SMILES string of the molecule is Cc1cc(O)c2c(c1)[C@H](O)[C@]13Cc4cc(O)c5c(c4[C@H]1C=C[C@H](O)[C@H]3OC2=O)C(=O)c1c(O)ccc(O)c1C5=O. The van der Waals surface area contributed by atoms with Crippen molar-refractivity contribution in [3.8, 4) is 23.0 Å². The Morgan fingerprint density at radius 2 is 1.38 bits per heavy atom. The number of carbonyl (C=O) groups excluding carboxylic acids is 3. The first-order valence-electron chi connectivity index (χ1n) is 12.6. The molecule has 0 aromatic heterocycles. The molecule has 5 atom stereocenters. The molecule has 1 aliphatic heterocycles. The lowest BCUT2D eigenvalue weighted by Gasteiger charge is -2.46. The van der Waals surface area contributed by atoms with Gasteiger partial charge in [0, 0.05) is 11.5 Å². The number of aliphatic hydroxyl groups is 2. The highest BCUT2D eigenvalue weighted by Crippen LogP contribution is 2.63. The third kappa shape index (κ3) is 2.76. The molecule has 3 aromatic carbocycles. The molecule has 4 aliphatic rings. The van der Waals surface area contributed by atoms with Gasteiger partial charge in [0.15, 0.2) is 5.78 Å². The van der Waals surface area contributed by atoms with Gasteiger partial charge in [-0.3, -0.25) is 9.59 Å². The van der Waals surface area contributed by atoms with E-state index in [1.807, 2.05) is 0 Å². The largest absolute Gasteiger partial charge is 0.507 e. The minimum atomic E-state index is -1.50. The third-order valence-electron chi connectivity index (χ3n) is 8.76. The van der Waals surface area contributed by atoms with Crippen molar-refractivity contribution in [3.05, 3.63) is 92.6 Å². The van der Waals surface area contributed by atoms with Gasteiger partial charge >= 0.3 is 5.97 Å². The van der Waals surface area contributed by atoms with Gasteiger partial charge in [0.25, 0.3) is 0 Å². The quantitative estimate of drug-likeness (QED) is 0.110. The first-order valence-corrected chi connectivity index (χ1v) is 12.6. The maximum Gasteiger partial charge on any atom is 0.342 e. The second-order valence-corrected chi connectivity index (χ2v) is 10.8. The average molecular weight is 542 g/mol. The van der Waals surface area contributed by atoms with Gasteiger partial charge in [0.05, 0.1) is 28.2 Å². The van der Waals surface area contributed by atoms with Crippen LogP contribution in [0.5, 0.6) is 23.0 Å². The number of fused-ring (bicyclic) bond motifs is 6. The predicted octanol–water partition coefficient (Wildman–Crippen LogP) is 2.42. The Balaban J connectivity index is 1.52. The number of aromatic hydroxyl groups is 4. The van der Waals surface area contributed by atoms with Crippen molar-refractivity contribution in [3.63, 3.8) is 0 Å². The van der Waals surface area contributed by atoms with Gasteiger partial charge < -0.3 is 35.4 Å². The molecule has 0 unspecified atom stereocenters. The van der Waals surface area contributed by atoms with Crippen LogP contribution in [0.3, 0.4) is 0 Å². The summed E-state index contributed by atoms with van der Waals surface area (Å²) in [5.74, 6) is -5.52. The minimum Gasteiger partial charge on any atom is -0.507 e. The fraction of sp³-hybridized carbons (Fsp3) is 0.233. The molecule has 0 fully saturated rings. The maximum absolute atomic E-state index is 13.9. The van der Waals surface area contributed by atoms with Gasteiger partial charge in [0.1, 0.15) is 40.8 Å². The zero-order valence-electron chi connectivity index (χ0n) is 20.9. The number of esters is 1. The standard InChI is InChI=1S/C30H22O10/c1-10-6-12-20(17(34)7-10)29(39)40-28-16(33)3-2-13-19-11(9-30(13,28)27(12)38)8-18(35)23-24(19)26(37)22-15(32)5-4-14(31)21(22)25(23)36/h2-8,13,16,27-28,31-35,38H,9H2,1H3/t13-,16+,27+,28-,30+/m1/s1. The van der Waals surface area contributed by atoms with E-state index < -0.39 is 81.3 Å². The molecule has 40 heavy (non-hydrogen) atoms. The van der Waals surface area contributed by atoms with Crippen LogP contribution in [0.15, 0.2) is 42.5 Å². The van der Waals surface area contributed by atoms with Crippen molar-refractivity contribution in [1.29, 1.82) is 0 Å². The Kier molecular flexibility index (Phi) is 4.70. The van der Waals surface area contributed by atoms with E-state index in [-0.39, 0.29) is 34.2 Å². The minimum absolute atomic E-state index is 0.0805. The molecule has 202 valence electrons. The normalized spacial score (nSPS) is 27.5. The number of aliphatic hydroxyl groups excluding tert-OH is 2. The van der Waals surface area contributed by atoms with Crippen LogP contribution < -0.4 is 0 Å². The van der Waals surface area contributed by atoms with Crippen LogP contribution in [0.2, 0.25) is 0 Å². The van der Waals surface area contributed by atoms with Crippen LogP contribution in [0.25, 0.3) is 0 Å². The number of ether oxygens (including phenoxy) is 1. The lowest BCUT2D eigenvalue weighted by molar-refractivity contribution is -0.119. The van der Waals surface area contributed by atoms with E-state index in [2.05, 4.69) is 0 Å². The Hall–Kier alpha value is -4.67. The van der Waals surface area contributed by atoms with Gasteiger partial charge in [-0.2, -0.15) is 0 Å². The van der Waals surface area contributed by atoms with Crippen molar-refractivity contribution in [2.45, 2.75) is 37.6 Å². The van der Waals surface area contributed by atoms with Gasteiger partial charge in [-0.05, 0) is 59.9 Å². The average Bonchev–Trinajstić information content (AvgIpc) is 3.18. The van der Waals surface area contributed by atoms with E-state index in [0.717, 1.165) is 12.1 Å². The molecule has 3 aliphatic carbocycles. The van der Waals surface area contributed by atoms with Gasteiger partial charge in [0.2, 0.25) is 5.78 Å². The molecule has 10 nitrogen and oxygen atoms in total. The number of aryl methyl sites for hydroxylation is 1. The zero-order valence-corrected chi connectivity index (χ0v) is 20.9. The van der Waals surface area contributed by atoms with E-state index in [0.29, 0.717) is 11.1 Å². The summed E-state index contributed by atoms with van der Waals surface area (Å²) in [6, 6.07) is 6.35. The molecule has 3 aromatic rings. The molecule has 7 rings (SSSR count). The smallest absolute Gasteiger partial charge is 0.342 e. The monoisotopic (exact) mass is 542 g/mol. The maximum atomic E-state index is 13.9. The first-order chi connectivity index (χ1) is 19.0. The summed E-state index contributed by atoms with van der Waals surface area (Å²) in [6.45, 7) is 1.67. The van der Waals surface area contributed by atoms with E-state index in [4.69, 9.17) is 4.74 Å². The molecule has 0 bridgehead atoms. The fourth-order valence-corrected chi connectivity index (χ4v) is 7.20. The Morgan fingerprint density at radius 3 is 2.05 bits per heavy atom. The Bertz CT molecular complexity index is 1770. The van der Waals surface area contributed by atoms with Crippen LogP contribution in [-0.2, 0) is 11.2 Å². The number of rotatable bonds is 0. The predicted molar refractivity (Wildman–Crippen MR) is 136 cm³/mol. The van der Waals surface area contributed by atoms with Gasteiger partial charge in [-0.1, -0.05) is 18.2 Å². The molecule has 0 radical (unpaired) electrons. The number of phenolic OH excluding ortho intramolecular Hbond substituents is 4. The van der Waals surface area contributed by atoms with Crippen molar-refractivity contribution in [2.24, 2.45) is 5.41 Å². The second-order valence-electron chi connectivity index (χ2n) is 10.8. The van der Waals surface area contributed by atoms with Crippen LogP contribution in [0.1, 0.15) is 76.5 Å². The number of phenols is 4. The van der Waals surface area contributed by atoms with Crippen LogP contribution in [-0.4, -0.2) is 60.4 Å². The number of ketones is 2. The zero-order chi connectivity index (χ0) is 28.4. The Morgan fingerprint density at radius 1 is 0.775 bits per heavy atom. The highest BCUT2D eigenvalue weighted by molar-refractivity contribution is 6.31. The van der Waals surface area contributed by atoms with Gasteiger partial charge in [-0.15, -0.1) is 0 Å². The molecule has 0 saturated heterocycles. The summed E-state index contributed by atoms with van der Waals surface area (Å²) in [6.07, 6.45) is -1.33. The molecular formula is C30H22O10. The van der Waals surface area contributed by atoms with E-state index in [1.165, 1.54) is 18.2 Å². The number of hydrogen-bond acceptors (Lipinski definition) is 10. The molecule has 10 heteroatoms. The number of benzene rings is 3. The first kappa shape index (κ1) is 24.4. The van der Waals surface area contributed by atoms with Crippen molar-refractivity contribution < 1.29 is 49.8 Å². The van der Waals surface area contributed by atoms with Crippen molar-refractivity contribution >= 4 is 17.5 Å². The molecule has 6 N–H and O–H groups in total. The highest BCUT2D eigenvalue weighted by Gasteiger charge is 2.63. The number of hydrogen-bond donors (Lipinski definition) is 6. The van der Waals surface area contributed by atoms with E-state index in [1.54, 1.807) is 19.1 Å². The van der Waals surface area contributed by atoms with Crippen molar-refractivity contribution in [1.82, 2.24) is 0 Å². The van der Waals surface area contributed by atoms with E-state index in [9.17, 15) is 45.0 Å². The Labute approximate surface area is 226 Å². The molecule has 0 amide bonds. The fourth-order valence-electron chi connectivity index (χ4n) is 7.20. The van der Waals surface area contributed by atoms with Crippen LogP contribution >= 0.6 is 0 Å². The summed E-state index contributed by atoms with van der Waals surface area (Å²) >= 11 is 0. The molecular weight excluding hydrogens is 520 g/mol. The third-order valence-corrected chi connectivity index (χ3v) is 8.76.